The first-order chi connectivity index (χ1) is 8.83. The van der Waals surface area contributed by atoms with Gasteiger partial charge in [-0.15, -0.1) is 12.4 Å². The van der Waals surface area contributed by atoms with Crippen LogP contribution in [-0.4, -0.2) is 19.0 Å². The molecule has 0 saturated heterocycles. The zero-order valence-corrected chi connectivity index (χ0v) is 11.8. The Labute approximate surface area is 120 Å². The minimum atomic E-state index is 0. The number of halogens is 1. The minimum absolute atomic E-state index is 0. The molecular formula is C15H21ClN2O. The van der Waals surface area contributed by atoms with Gasteiger partial charge in [-0.05, 0) is 49.3 Å². The van der Waals surface area contributed by atoms with Gasteiger partial charge in [0.15, 0.2) is 0 Å². The molecule has 1 atom stereocenters. The van der Waals surface area contributed by atoms with E-state index in [1.807, 2.05) is 0 Å². The van der Waals surface area contributed by atoms with Gasteiger partial charge in [0.2, 0.25) is 5.91 Å². The number of amides is 1. The molecule has 0 bridgehead atoms. The highest BCUT2D eigenvalue weighted by atomic mass is 35.5. The largest absolute Gasteiger partial charge is 0.348 e. The topological polar surface area (TPSA) is 41.1 Å². The summed E-state index contributed by atoms with van der Waals surface area (Å²) in [6, 6.07) is 8.63. The lowest BCUT2D eigenvalue weighted by Gasteiger charge is -2.14. The van der Waals surface area contributed by atoms with Gasteiger partial charge in [0.1, 0.15) is 0 Å². The van der Waals surface area contributed by atoms with Crippen molar-refractivity contribution < 1.29 is 4.79 Å². The van der Waals surface area contributed by atoms with Crippen molar-refractivity contribution in [2.24, 2.45) is 5.92 Å². The Morgan fingerprint density at radius 1 is 1.21 bits per heavy atom. The first kappa shape index (κ1) is 14.4. The van der Waals surface area contributed by atoms with Crippen LogP contribution in [0.3, 0.4) is 0 Å². The number of hydrogen-bond acceptors (Lipinski definition) is 2. The third-order valence-electron chi connectivity index (χ3n) is 3.88. The highest BCUT2D eigenvalue weighted by Gasteiger charge is 2.24. The summed E-state index contributed by atoms with van der Waals surface area (Å²) in [6.45, 7) is 1.45. The molecule has 0 heterocycles. The van der Waals surface area contributed by atoms with E-state index in [0.29, 0.717) is 6.54 Å². The maximum absolute atomic E-state index is 11.8. The fourth-order valence-electron chi connectivity index (χ4n) is 2.66. The predicted octanol–water partition coefficient (Wildman–Crippen LogP) is 2.21. The molecule has 1 saturated carbocycles. The molecule has 2 N–H and O–H groups in total. The third kappa shape index (κ3) is 3.71. The fraction of sp³-hybridized carbons (Fsp3) is 0.533. The summed E-state index contributed by atoms with van der Waals surface area (Å²) in [4.78, 5) is 11.8. The predicted molar refractivity (Wildman–Crippen MR) is 78.5 cm³/mol. The van der Waals surface area contributed by atoms with Crippen LogP contribution in [0.15, 0.2) is 24.3 Å². The lowest BCUT2D eigenvalue weighted by atomic mass is 10.1. The van der Waals surface area contributed by atoms with Crippen LogP contribution in [0.25, 0.3) is 0 Å². The van der Waals surface area contributed by atoms with Gasteiger partial charge in [-0.1, -0.05) is 24.3 Å². The van der Waals surface area contributed by atoms with Crippen molar-refractivity contribution in [3.63, 3.8) is 0 Å². The van der Waals surface area contributed by atoms with Crippen LogP contribution in [-0.2, 0) is 11.2 Å². The summed E-state index contributed by atoms with van der Waals surface area (Å²) >= 11 is 0. The molecule has 0 aliphatic heterocycles. The van der Waals surface area contributed by atoms with Crippen LogP contribution in [0.4, 0.5) is 0 Å². The van der Waals surface area contributed by atoms with Crippen molar-refractivity contribution in [2.75, 3.05) is 13.1 Å². The highest BCUT2D eigenvalue weighted by Crippen LogP contribution is 2.30. The van der Waals surface area contributed by atoms with E-state index >= 15 is 0 Å². The summed E-state index contributed by atoms with van der Waals surface area (Å²) in [7, 11) is 0. The molecule has 4 heteroatoms. The number of nitrogens with one attached hydrogen (secondary N) is 2. The molecule has 2 aliphatic carbocycles. The van der Waals surface area contributed by atoms with Crippen LogP contribution >= 0.6 is 12.4 Å². The second-order valence-corrected chi connectivity index (χ2v) is 5.43. The first-order valence-corrected chi connectivity index (χ1v) is 6.91. The average molecular weight is 281 g/mol. The summed E-state index contributed by atoms with van der Waals surface area (Å²) < 4.78 is 0. The maximum atomic E-state index is 11.8. The molecule has 3 nitrogen and oxygen atoms in total. The Kier molecular flexibility index (Phi) is 4.83. The Morgan fingerprint density at radius 3 is 2.79 bits per heavy atom. The van der Waals surface area contributed by atoms with Gasteiger partial charge in [-0.3, -0.25) is 4.79 Å². The molecule has 104 valence electrons. The van der Waals surface area contributed by atoms with Crippen molar-refractivity contribution in [2.45, 2.75) is 31.7 Å². The lowest BCUT2D eigenvalue weighted by molar-refractivity contribution is -0.121. The van der Waals surface area contributed by atoms with E-state index in [1.54, 1.807) is 0 Å². The van der Waals surface area contributed by atoms with E-state index in [2.05, 4.69) is 34.9 Å². The maximum Gasteiger partial charge on any atom is 0.234 e. The monoisotopic (exact) mass is 280 g/mol. The summed E-state index contributed by atoms with van der Waals surface area (Å²) in [6.07, 6.45) is 4.76. The van der Waals surface area contributed by atoms with E-state index in [0.717, 1.165) is 25.3 Å². The van der Waals surface area contributed by atoms with Gasteiger partial charge in [-0.2, -0.15) is 0 Å². The molecule has 0 spiro atoms. The van der Waals surface area contributed by atoms with Crippen molar-refractivity contribution in [3.05, 3.63) is 35.4 Å². The number of aryl methyl sites for hydroxylation is 1. The van der Waals surface area contributed by atoms with Gasteiger partial charge in [0.05, 0.1) is 12.6 Å². The van der Waals surface area contributed by atoms with Crippen molar-refractivity contribution in [1.29, 1.82) is 0 Å². The van der Waals surface area contributed by atoms with Crippen LogP contribution in [0.2, 0.25) is 0 Å². The highest BCUT2D eigenvalue weighted by molar-refractivity contribution is 5.85. The van der Waals surface area contributed by atoms with Crippen molar-refractivity contribution >= 4 is 18.3 Å². The van der Waals surface area contributed by atoms with Gasteiger partial charge in [-0.25, -0.2) is 0 Å². The van der Waals surface area contributed by atoms with Crippen molar-refractivity contribution in [3.8, 4) is 0 Å². The quantitative estimate of drug-likeness (QED) is 0.868. The first-order valence-electron chi connectivity index (χ1n) is 6.91. The molecule has 1 unspecified atom stereocenters. The van der Waals surface area contributed by atoms with Crippen LogP contribution in [0.5, 0.6) is 0 Å². The second-order valence-electron chi connectivity index (χ2n) is 5.43. The van der Waals surface area contributed by atoms with Crippen molar-refractivity contribution in [1.82, 2.24) is 10.6 Å². The fourth-order valence-corrected chi connectivity index (χ4v) is 2.66. The average Bonchev–Trinajstić information content (AvgIpc) is 3.11. The molecular weight excluding hydrogens is 260 g/mol. The Balaban J connectivity index is 0.00000133. The van der Waals surface area contributed by atoms with Gasteiger partial charge in [0, 0.05) is 0 Å². The number of hydrogen-bond donors (Lipinski definition) is 2. The summed E-state index contributed by atoms with van der Waals surface area (Å²) in [5.74, 6) is 0.947. The number of benzene rings is 1. The number of carbonyl (C=O) groups excluding carboxylic acids is 1. The van der Waals surface area contributed by atoms with E-state index in [4.69, 9.17) is 0 Å². The van der Waals surface area contributed by atoms with Gasteiger partial charge < -0.3 is 10.6 Å². The summed E-state index contributed by atoms with van der Waals surface area (Å²) in [5.41, 5.74) is 2.68. The minimum Gasteiger partial charge on any atom is -0.348 e. The van der Waals surface area contributed by atoms with Gasteiger partial charge >= 0.3 is 0 Å². The standard InChI is InChI=1S/C15H20N2O.ClH/c18-15(10-16-9-11-5-6-11)17-14-8-7-12-3-1-2-4-13(12)14;/h1-4,11,14,16H,5-10H2,(H,17,18);1H. The van der Waals surface area contributed by atoms with Crippen LogP contribution in [0.1, 0.15) is 36.4 Å². The molecule has 2 aliphatic rings. The lowest BCUT2D eigenvalue weighted by Crippen LogP contribution is -2.36. The molecule has 0 radical (unpaired) electrons. The normalized spacial score (nSPS) is 20.5. The molecule has 1 fully saturated rings. The third-order valence-corrected chi connectivity index (χ3v) is 3.88. The van der Waals surface area contributed by atoms with Crippen LogP contribution in [0, 0.1) is 5.92 Å². The Bertz CT molecular complexity index is 446. The molecule has 1 aromatic carbocycles. The number of carbonyl (C=O) groups is 1. The van der Waals surface area contributed by atoms with E-state index < -0.39 is 0 Å². The zero-order valence-electron chi connectivity index (χ0n) is 11.0. The summed E-state index contributed by atoms with van der Waals surface area (Å²) in [5, 5.41) is 6.36. The Morgan fingerprint density at radius 2 is 2.00 bits per heavy atom. The molecule has 0 aromatic heterocycles. The van der Waals surface area contributed by atoms with Gasteiger partial charge in [0.25, 0.3) is 0 Å². The zero-order chi connectivity index (χ0) is 12.4. The Hall–Kier alpha value is -1.06. The SMILES string of the molecule is Cl.O=C(CNCC1CC1)NC1CCc2ccccc21. The molecule has 1 aromatic rings. The number of rotatable bonds is 5. The van der Waals surface area contributed by atoms with E-state index in [9.17, 15) is 4.79 Å². The second kappa shape index (κ2) is 6.40. The van der Waals surface area contributed by atoms with Crippen LogP contribution < -0.4 is 10.6 Å². The molecule has 19 heavy (non-hydrogen) atoms. The number of fused-ring (bicyclic) bond motifs is 1. The van der Waals surface area contributed by atoms with E-state index in [1.165, 1.54) is 24.0 Å². The smallest absolute Gasteiger partial charge is 0.234 e. The molecule has 1 amide bonds. The van der Waals surface area contributed by atoms with E-state index in [-0.39, 0.29) is 24.4 Å². The molecule has 3 rings (SSSR count).